The summed E-state index contributed by atoms with van der Waals surface area (Å²) in [6, 6.07) is 13.8. The van der Waals surface area contributed by atoms with E-state index in [1.807, 2.05) is 41.1 Å². The van der Waals surface area contributed by atoms with Crippen LogP contribution in [0.3, 0.4) is 0 Å². The average Bonchev–Trinajstić information content (AvgIpc) is 3.15. The highest BCUT2D eigenvalue weighted by atomic mass is 16.5. The van der Waals surface area contributed by atoms with E-state index in [9.17, 15) is 0 Å². The van der Waals surface area contributed by atoms with Crippen molar-refractivity contribution < 1.29 is 9.15 Å². The Hall–Kier alpha value is -2.49. The van der Waals surface area contributed by atoms with Crippen LogP contribution in [0.1, 0.15) is 26.5 Å². The molecule has 0 saturated heterocycles. The van der Waals surface area contributed by atoms with Gasteiger partial charge in [-0.05, 0) is 42.5 Å². The van der Waals surface area contributed by atoms with Gasteiger partial charge in [-0.15, -0.1) is 0 Å². The van der Waals surface area contributed by atoms with Crippen LogP contribution in [-0.2, 0) is 5.41 Å². The van der Waals surface area contributed by atoms with Crippen molar-refractivity contribution in [1.29, 1.82) is 0 Å². The van der Waals surface area contributed by atoms with Crippen LogP contribution >= 0.6 is 0 Å². The lowest BCUT2D eigenvalue weighted by atomic mass is 9.92. The minimum Gasteiger partial charge on any atom is -0.497 e. The minimum absolute atomic E-state index is 0.0287. The number of rotatable bonds is 3. The minimum atomic E-state index is -0.0287. The van der Waals surface area contributed by atoms with Gasteiger partial charge in [-0.25, -0.2) is 4.68 Å². The maximum absolute atomic E-state index is 5.57. The summed E-state index contributed by atoms with van der Waals surface area (Å²) < 4.78 is 12.7. The SMILES string of the molecule is COc1ccc(-n2nc(C(C)(C)C)cc2-c2ccco2)cc1. The molecule has 3 aromatic rings. The largest absolute Gasteiger partial charge is 0.497 e. The van der Waals surface area contributed by atoms with Gasteiger partial charge in [0.25, 0.3) is 0 Å². The molecule has 4 nitrogen and oxygen atoms in total. The van der Waals surface area contributed by atoms with Crippen LogP contribution in [0.4, 0.5) is 0 Å². The molecule has 3 rings (SSSR count). The Morgan fingerprint density at radius 1 is 1.09 bits per heavy atom. The Morgan fingerprint density at radius 2 is 1.82 bits per heavy atom. The van der Waals surface area contributed by atoms with Crippen molar-refractivity contribution in [2.75, 3.05) is 7.11 Å². The van der Waals surface area contributed by atoms with Gasteiger partial charge in [-0.2, -0.15) is 5.10 Å². The Bertz CT molecular complexity index is 747. The fraction of sp³-hybridized carbons (Fsp3) is 0.278. The van der Waals surface area contributed by atoms with Crippen LogP contribution in [0.15, 0.2) is 53.1 Å². The van der Waals surface area contributed by atoms with E-state index in [0.717, 1.165) is 28.6 Å². The fourth-order valence-electron chi connectivity index (χ4n) is 2.27. The zero-order valence-corrected chi connectivity index (χ0v) is 13.3. The van der Waals surface area contributed by atoms with Crippen LogP contribution < -0.4 is 4.74 Å². The van der Waals surface area contributed by atoms with Crippen molar-refractivity contribution in [3.05, 3.63) is 54.4 Å². The standard InChI is InChI=1S/C18H20N2O2/c1-18(2,3)17-12-15(16-6-5-11-22-16)20(19-17)13-7-9-14(21-4)10-8-13/h5-12H,1-4H3. The summed E-state index contributed by atoms with van der Waals surface area (Å²) >= 11 is 0. The molecule has 1 aromatic carbocycles. The van der Waals surface area contributed by atoms with E-state index in [2.05, 4.69) is 26.8 Å². The zero-order chi connectivity index (χ0) is 15.7. The number of ether oxygens (including phenoxy) is 1. The van der Waals surface area contributed by atoms with Gasteiger partial charge in [0, 0.05) is 5.41 Å². The van der Waals surface area contributed by atoms with Gasteiger partial charge < -0.3 is 9.15 Å². The van der Waals surface area contributed by atoms with E-state index >= 15 is 0 Å². The summed E-state index contributed by atoms with van der Waals surface area (Å²) in [7, 11) is 1.66. The number of aromatic nitrogens is 2. The van der Waals surface area contributed by atoms with Crippen LogP contribution in [0, 0.1) is 0 Å². The number of hydrogen-bond acceptors (Lipinski definition) is 3. The molecule has 114 valence electrons. The molecular formula is C18H20N2O2. The van der Waals surface area contributed by atoms with Crippen molar-refractivity contribution in [3.63, 3.8) is 0 Å². The van der Waals surface area contributed by atoms with Crippen molar-refractivity contribution in [3.8, 4) is 22.9 Å². The first kappa shape index (κ1) is 14.4. The molecule has 0 aliphatic carbocycles. The van der Waals surface area contributed by atoms with E-state index in [0.29, 0.717) is 0 Å². The normalized spacial score (nSPS) is 11.6. The van der Waals surface area contributed by atoms with E-state index in [1.165, 1.54) is 0 Å². The quantitative estimate of drug-likeness (QED) is 0.717. The summed E-state index contributed by atoms with van der Waals surface area (Å²) in [5, 5.41) is 4.78. The summed E-state index contributed by atoms with van der Waals surface area (Å²) in [4.78, 5) is 0. The molecule has 2 heterocycles. The molecule has 0 atom stereocenters. The number of benzene rings is 1. The lowest BCUT2D eigenvalue weighted by Crippen LogP contribution is -2.12. The van der Waals surface area contributed by atoms with Gasteiger partial charge >= 0.3 is 0 Å². The van der Waals surface area contributed by atoms with Gasteiger partial charge in [-0.1, -0.05) is 20.8 Å². The highest BCUT2D eigenvalue weighted by Gasteiger charge is 2.22. The first-order valence-electron chi connectivity index (χ1n) is 7.28. The lowest BCUT2D eigenvalue weighted by molar-refractivity contribution is 0.414. The summed E-state index contributed by atoms with van der Waals surface area (Å²) in [6.45, 7) is 6.46. The third-order valence-electron chi connectivity index (χ3n) is 3.57. The van der Waals surface area contributed by atoms with Crippen LogP contribution in [0.2, 0.25) is 0 Å². The Labute approximate surface area is 130 Å². The van der Waals surface area contributed by atoms with E-state index < -0.39 is 0 Å². The summed E-state index contributed by atoms with van der Waals surface area (Å²) in [5.74, 6) is 1.63. The molecule has 0 spiro atoms. The summed E-state index contributed by atoms with van der Waals surface area (Å²) in [6.07, 6.45) is 1.68. The number of furan rings is 1. The first-order chi connectivity index (χ1) is 10.5. The van der Waals surface area contributed by atoms with Crippen molar-refractivity contribution in [2.24, 2.45) is 0 Å². The highest BCUT2D eigenvalue weighted by Crippen LogP contribution is 2.30. The van der Waals surface area contributed by atoms with Gasteiger partial charge in [0.2, 0.25) is 0 Å². The molecule has 2 aromatic heterocycles. The molecule has 0 fully saturated rings. The second kappa shape index (κ2) is 5.37. The van der Waals surface area contributed by atoms with E-state index in [-0.39, 0.29) is 5.41 Å². The topological polar surface area (TPSA) is 40.2 Å². The monoisotopic (exact) mass is 296 g/mol. The molecule has 0 aliphatic rings. The molecule has 0 saturated carbocycles. The molecule has 0 N–H and O–H groups in total. The van der Waals surface area contributed by atoms with E-state index in [4.69, 9.17) is 14.3 Å². The summed E-state index contributed by atoms with van der Waals surface area (Å²) in [5.41, 5.74) is 2.91. The maximum Gasteiger partial charge on any atom is 0.152 e. The van der Waals surface area contributed by atoms with Crippen molar-refractivity contribution in [1.82, 2.24) is 9.78 Å². The Morgan fingerprint density at radius 3 is 2.36 bits per heavy atom. The van der Waals surface area contributed by atoms with Crippen LogP contribution in [0.25, 0.3) is 17.1 Å². The van der Waals surface area contributed by atoms with Gasteiger partial charge in [0.05, 0.1) is 24.8 Å². The average molecular weight is 296 g/mol. The van der Waals surface area contributed by atoms with Gasteiger partial charge in [0.15, 0.2) is 5.76 Å². The van der Waals surface area contributed by atoms with Crippen LogP contribution in [-0.4, -0.2) is 16.9 Å². The van der Waals surface area contributed by atoms with E-state index in [1.54, 1.807) is 13.4 Å². The molecule has 4 heteroatoms. The van der Waals surface area contributed by atoms with Gasteiger partial charge in [0.1, 0.15) is 11.4 Å². The Kier molecular flexibility index (Phi) is 3.53. The molecule has 0 radical (unpaired) electrons. The fourth-order valence-corrected chi connectivity index (χ4v) is 2.27. The molecular weight excluding hydrogens is 276 g/mol. The van der Waals surface area contributed by atoms with Crippen molar-refractivity contribution in [2.45, 2.75) is 26.2 Å². The molecule has 0 unspecified atom stereocenters. The van der Waals surface area contributed by atoms with Gasteiger partial charge in [-0.3, -0.25) is 0 Å². The number of methoxy groups -OCH3 is 1. The smallest absolute Gasteiger partial charge is 0.152 e. The third kappa shape index (κ3) is 2.64. The predicted octanol–water partition coefficient (Wildman–Crippen LogP) is 4.44. The molecule has 0 aliphatic heterocycles. The maximum atomic E-state index is 5.57. The molecule has 22 heavy (non-hydrogen) atoms. The predicted molar refractivity (Wildman–Crippen MR) is 86.5 cm³/mol. The second-order valence-corrected chi connectivity index (χ2v) is 6.25. The van der Waals surface area contributed by atoms with Crippen molar-refractivity contribution >= 4 is 0 Å². The first-order valence-corrected chi connectivity index (χ1v) is 7.28. The molecule has 0 amide bonds. The third-order valence-corrected chi connectivity index (χ3v) is 3.57. The number of nitrogens with zero attached hydrogens (tertiary/aromatic N) is 2. The van der Waals surface area contributed by atoms with Crippen LogP contribution in [0.5, 0.6) is 5.75 Å². The molecule has 0 bridgehead atoms. The zero-order valence-electron chi connectivity index (χ0n) is 13.3. The second-order valence-electron chi connectivity index (χ2n) is 6.25. The lowest BCUT2D eigenvalue weighted by Gasteiger charge is -2.14. The highest BCUT2D eigenvalue weighted by molar-refractivity contribution is 5.57. The number of hydrogen-bond donors (Lipinski definition) is 0. The Balaban J connectivity index is 2.14.